The van der Waals surface area contributed by atoms with Gasteiger partial charge in [0.15, 0.2) is 5.96 Å². The first-order chi connectivity index (χ1) is 12.8. The van der Waals surface area contributed by atoms with Crippen LogP contribution in [0.5, 0.6) is 0 Å². The number of ether oxygens (including phenoxy) is 1. The van der Waals surface area contributed by atoms with E-state index >= 15 is 0 Å². The molecule has 0 aliphatic carbocycles. The number of hydrogen-bond acceptors (Lipinski definition) is 6. The molecule has 0 bridgehead atoms. The number of rotatable bonds is 3. The molecule has 2 N–H and O–H groups in total. The third-order valence-electron chi connectivity index (χ3n) is 4.59. The minimum absolute atomic E-state index is 0. The highest BCUT2D eigenvalue weighted by atomic mass is 127. The van der Waals surface area contributed by atoms with Crippen LogP contribution in [0.15, 0.2) is 23.2 Å². The van der Waals surface area contributed by atoms with Crippen molar-refractivity contribution in [1.82, 2.24) is 15.1 Å². The van der Waals surface area contributed by atoms with Crippen LogP contribution in [0.3, 0.4) is 0 Å². The van der Waals surface area contributed by atoms with Gasteiger partial charge in [-0.25, -0.2) is 9.18 Å². The van der Waals surface area contributed by atoms with Gasteiger partial charge in [0.2, 0.25) is 0 Å². The number of aliphatic imine (C=N–C) groups is 1. The largest absolute Gasteiger partial charge is 0.444 e. The number of fused-ring (bicyclic) bond motifs is 1. The van der Waals surface area contributed by atoms with Gasteiger partial charge in [0.1, 0.15) is 11.4 Å². The lowest BCUT2D eigenvalue weighted by Gasteiger charge is -2.39. The third kappa shape index (κ3) is 5.47. The summed E-state index contributed by atoms with van der Waals surface area (Å²) in [5.41, 5.74) is 0.654. The molecule has 2 heterocycles. The Kier molecular flexibility index (Phi) is 7.49. The summed E-state index contributed by atoms with van der Waals surface area (Å²) in [6, 6.07) is 4.83. The molecule has 28 heavy (non-hydrogen) atoms. The van der Waals surface area contributed by atoms with Crippen molar-refractivity contribution in [1.29, 1.82) is 0 Å². The Morgan fingerprint density at radius 3 is 2.82 bits per heavy atom. The topological polar surface area (TPSA) is 77.4 Å². The lowest BCUT2D eigenvalue weighted by atomic mass is 10.1. The van der Waals surface area contributed by atoms with Crippen LogP contribution < -0.4 is 5.32 Å². The van der Waals surface area contributed by atoms with Crippen LogP contribution in [0.25, 0.3) is 0 Å². The van der Waals surface area contributed by atoms with Crippen LogP contribution >= 0.6 is 24.0 Å². The summed E-state index contributed by atoms with van der Waals surface area (Å²) in [7, 11) is 0. The minimum atomic E-state index is -0.504. The molecule has 1 fully saturated rings. The van der Waals surface area contributed by atoms with Crippen molar-refractivity contribution in [2.24, 2.45) is 4.99 Å². The first-order valence-electron chi connectivity index (χ1n) is 9.18. The van der Waals surface area contributed by atoms with Gasteiger partial charge in [0.25, 0.3) is 0 Å². The Morgan fingerprint density at radius 2 is 2.14 bits per heavy atom. The second kappa shape index (κ2) is 9.25. The summed E-state index contributed by atoms with van der Waals surface area (Å²) in [4.78, 5) is 20.7. The van der Waals surface area contributed by atoms with Crippen LogP contribution in [-0.4, -0.2) is 64.8 Å². The summed E-state index contributed by atoms with van der Waals surface area (Å²) >= 11 is 0. The number of halogens is 2. The number of benzene rings is 1. The van der Waals surface area contributed by atoms with Gasteiger partial charge >= 0.3 is 6.09 Å². The molecule has 1 unspecified atom stereocenters. The predicted molar refractivity (Wildman–Crippen MR) is 115 cm³/mol. The second-order valence-electron chi connectivity index (χ2n) is 7.88. The first kappa shape index (κ1) is 22.7. The molecule has 0 aromatic heterocycles. The van der Waals surface area contributed by atoms with E-state index in [2.05, 4.69) is 15.2 Å². The maximum Gasteiger partial charge on any atom is 0.410 e. The molecule has 156 valence electrons. The summed E-state index contributed by atoms with van der Waals surface area (Å²) < 4.78 is 18.9. The average Bonchev–Trinajstić information content (AvgIpc) is 3.02. The van der Waals surface area contributed by atoms with Gasteiger partial charge in [-0.05, 0) is 38.5 Å². The maximum atomic E-state index is 13.5. The van der Waals surface area contributed by atoms with E-state index in [0.717, 1.165) is 11.5 Å². The zero-order valence-electron chi connectivity index (χ0n) is 16.4. The fourth-order valence-electron chi connectivity index (χ4n) is 3.26. The highest BCUT2D eigenvalue weighted by Gasteiger charge is 2.36. The summed E-state index contributed by atoms with van der Waals surface area (Å²) in [5, 5.41) is 12.5. The van der Waals surface area contributed by atoms with E-state index in [4.69, 9.17) is 4.74 Å². The number of hydrogen-bond donors (Lipinski definition) is 2. The van der Waals surface area contributed by atoms with Crippen molar-refractivity contribution < 1.29 is 19.0 Å². The van der Waals surface area contributed by atoms with Crippen molar-refractivity contribution >= 4 is 36.0 Å². The van der Waals surface area contributed by atoms with Gasteiger partial charge in [-0.1, -0.05) is 6.07 Å². The van der Waals surface area contributed by atoms with E-state index in [1.165, 1.54) is 6.07 Å². The molecule has 0 saturated carbocycles. The van der Waals surface area contributed by atoms with E-state index in [-0.39, 0.29) is 48.3 Å². The lowest BCUT2D eigenvalue weighted by molar-refractivity contribution is 0.0137. The predicted octanol–water partition coefficient (Wildman–Crippen LogP) is 2.32. The molecule has 2 aliphatic rings. The Morgan fingerprint density at radius 1 is 1.39 bits per heavy atom. The van der Waals surface area contributed by atoms with Crippen molar-refractivity contribution in [3.8, 4) is 0 Å². The Hall–Kier alpha value is -1.62. The zero-order valence-corrected chi connectivity index (χ0v) is 18.8. The zero-order chi connectivity index (χ0) is 19.6. The van der Waals surface area contributed by atoms with E-state index < -0.39 is 11.4 Å². The Bertz CT molecular complexity index is 738. The molecular formula is C19H28FIN4O3. The van der Waals surface area contributed by atoms with E-state index in [0.29, 0.717) is 32.7 Å². The van der Waals surface area contributed by atoms with Gasteiger partial charge in [0, 0.05) is 31.7 Å². The summed E-state index contributed by atoms with van der Waals surface area (Å²) in [6.07, 6.45) is -0.286. The lowest BCUT2D eigenvalue weighted by Crippen LogP contribution is -2.57. The van der Waals surface area contributed by atoms with Crippen molar-refractivity contribution in [3.05, 3.63) is 35.1 Å². The standard InChI is InChI=1S/C19H27FN4O3.HI/c1-19(2,3)27-18(26)23-6-7-24-15(11-23)10-22-17(24)21-9-13-4-5-16(20)14(8-13)12-25;/h4-5,8,15,25H,6-7,9-12H2,1-3H3,(H,21,22);1H. The van der Waals surface area contributed by atoms with E-state index in [1.807, 2.05) is 20.8 Å². The normalized spacial score (nSPS) is 18.9. The molecule has 0 radical (unpaired) electrons. The third-order valence-corrected chi connectivity index (χ3v) is 4.59. The van der Waals surface area contributed by atoms with Gasteiger partial charge in [-0.15, -0.1) is 24.0 Å². The number of guanidine groups is 1. The highest BCUT2D eigenvalue weighted by molar-refractivity contribution is 14.0. The molecule has 7 nitrogen and oxygen atoms in total. The number of aliphatic hydroxyl groups excluding tert-OH is 1. The molecule has 1 aromatic rings. The number of aliphatic hydroxyl groups is 1. The molecule has 2 aliphatic heterocycles. The van der Waals surface area contributed by atoms with Gasteiger partial charge in [0.05, 0.1) is 19.2 Å². The smallest absolute Gasteiger partial charge is 0.410 e. The van der Waals surface area contributed by atoms with E-state index in [9.17, 15) is 14.3 Å². The van der Waals surface area contributed by atoms with Crippen LogP contribution in [0.1, 0.15) is 31.9 Å². The average molecular weight is 506 g/mol. The van der Waals surface area contributed by atoms with Gasteiger partial charge in [-0.3, -0.25) is 4.99 Å². The van der Waals surface area contributed by atoms with Crippen LogP contribution in [0.4, 0.5) is 9.18 Å². The molecule has 3 rings (SSSR count). The molecule has 0 spiro atoms. The Labute approximate surface area is 182 Å². The Balaban J connectivity index is 0.00000280. The quantitative estimate of drug-likeness (QED) is 0.616. The monoisotopic (exact) mass is 506 g/mol. The number of carbonyl (C=O) groups is 1. The number of amides is 1. The highest BCUT2D eigenvalue weighted by Crippen LogP contribution is 2.19. The number of piperazine rings is 1. The number of nitrogens with one attached hydrogen (secondary N) is 1. The van der Waals surface area contributed by atoms with E-state index in [1.54, 1.807) is 17.0 Å². The SMILES string of the molecule is CC(C)(C)OC(=O)N1CCN2C(NCc3ccc(F)c(CO)c3)=NCC2C1.I. The van der Waals surface area contributed by atoms with Crippen LogP contribution in [0, 0.1) is 5.82 Å². The van der Waals surface area contributed by atoms with Crippen molar-refractivity contribution in [3.63, 3.8) is 0 Å². The molecule has 1 amide bonds. The molecule has 9 heteroatoms. The van der Waals surface area contributed by atoms with Crippen LogP contribution in [0.2, 0.25) is 0 Å². The minimum Gasteiger partial charge on any atom is -0.444 e. The molecule has 1 aromatic carbocycles. The fraction of sp³-hybridized carbons (Fsp3) is 0.579. The van der Waals surface area contributed by atoms with Crippen molar-refractivity contribution in [2.45, 2.75) is 45.6 Å². The van der Waals surface area contributed by atoms with Gasteiger partial charge < -0.3 is 25.0 Å². The fourth-order valence-corrected chi connectivity index (χ4v) is 3.26. The molecule has 1 saturated heterocycles. The van der Waals surface area contributed by atoms with Crippen LogP contribution in [-0.2, 0) is 17.9 Å². The van der Waals surface area contributed by atoms with Gasteiger partial charge in [-0.2, -0.15) is 0 Å². The number of nitrogens with zero attached hydrogens (tertiary/aromatic N) is 3. The number of carbonyl (C=O) groups excluding carboxylic acids is 1. The molecular weight excluding hydrogens is 478 g/mol. The summed E-state index contributed by atoms with van der Waals surface area (Å²) in [6.45, 7) is 8.21. The second-order valence-corrected chi connectivity index (χ2v) is 7.88. The summed E-state index contributed by atoms with van der Waals surface area (Å²) in [5.74, 6) is 0.386. The molecule has 1 atom stereocenters. The van der Waals surface area contributed by atoms with Crippen molar-refractivity contribution in [2.75, 3.05) is 26.2 Å². The maximum absolute atomic E-state index is 13.5. The first-order valence-corrected chi connectivity index (χ1v) is 9.18.